The zero-order valence-corrected chi connectivity index (χ0v) is 12.0. The summed E-state index contributed by atoms with van der Waals surface area (Å²) in [5, 5.41) is 4.03. The third-order valence-corrected chi connectivity index (χ3v) is 3.14. The maximum atomic E-state index is 12.9. The highest BCUT2D eigenvalue weighted by Gasteiger charge is 2.18. The molecule has 0 saturated carbocycles. The highest BCUT2D eigenvalue weighted by Crippen LogP contribution is 2.17. The van der Waals surface area contributed by atoms with E-state index in [1.165, 1.54) is 43.7 Å². The fourth-order valence-electron chi connectivity index (χ4n) is 2.01. The number of benzene rings is 1. The smallest absolute Gasteiger partial charge is 0.437 e. The number of halogens is 1. The van der Waals surface area contributed by atoms with E-state index in [0.29, 0.717) is 11.1 Å². The van der Waals surface area contributed by atoms with E-state index in [2.05, 4.69) is 9.84 Å². The second-order valence-corrected chi connectivity index (χ2v) is 4.60. The van der Waals surface area contributed by atoms with Crippen molar-refractivity contribution >= 4 is 5.97 Å². The Morgan fingerprint density at radius 2 is 2.04 bits per heavy atom. The van der Waals surface area contributed by atoms with Gasteiger partial charge >= 0.3 is 11.7 Å². The van der Waals surface area contributed by atoms with E-state index in [4.69, 9.17) is 8.83 Å². The Morgan fingerprint density at radius 3 is 2.74 bits per heavy atom. The lowest BCUT2D eigenvalue weighted by molar-refractivity contribution is 0.0563. The van der Waals surface area contributed by atoms with Crippen molar-refractivity contribution < 1.29 is 22.8 Å². The van der Waals surface area contributed by atoms with Gasteiger partial charge in [-0.15, -0.1) is 5.10 Å². The van der Waals surface area contributed by atoms with E-state index < -0.39 is 17.5 Å². The summed E-state index contributed by atoms with van der Waals surface area (Å²) in [6, 6.07) is 6.90. The normalized spacial score (nSPS) is 10.7. The van der Waals surface area contributed by atoms with Crippen LogP contribution in [0.1, 0.15) is 16.1 Å². The number of nitrogens with zero attached hydrogens (tertiary/aromatic N) is 2. The number of carbonyl (C=O) groups excluding carboxylic acids is 1. The lowest BCUT2D eigenvalue weighted by Gasteiger charge is -1.99. The van der Waals surface area contributed by atoms with Gasteiger partial charge < -0.3 is 13.6 Å². The minimum absolute atomic E-state index is 0.00858. The molecule has 0 aliphatic heterocycles. The maximum Gasteiger partial charge on any atom is 0.437 e. The van der Waals surface area contributed by atoms with Gasteiger partial charge in [0, 0.05) is 11.1 Å². The number of ether oxygens (including phenoxy) is 1. The molecule has 8 heteroatoms. The van der Waals surface area contributed by atoms with Crippen molar-refractivity contribution in [2.45, 2.75) is 6.54 Å². The molecule has 0 aliphatic rings. The van der Waals surface area contributed by atoms with Crippen LogP contribution in [0.25, 0.3) is 11.5 Å². The van der Waals surface area contributed by atoms with Crippen LogP contribution in [0.4, 0.5) is 4.39 Å². The summed E-state index contributed by atoms with van der Waals surface area (Å²) in [7, 11) is 1.23. The summed E-state index contributed by atoms with van der Waals surface area (Å²) >= 11 is 0. The summed E-state index contributed by atoms with van der Waals surface area (Å²) in [6.07, 6.45) is 1.31. The number of carbonyl (C=O) groups is 1. The molecule has 3 aromatic rings. The molecule has 0 N–H and O–H groups in total. The predicted octanol–water partition coefficient (Wildman–Crippen LogP) is 2.07. The minimum atomic E-state index is -0.707. The van der Waals surface area contributed by atoms with Gasteiger partial charge in [-0.05, 0) is 30.3 Å². The van der Waals surface area contributed by atoms with Crippen LogP contribution in [-0.4, -0.2) is 22.9 Å². The summed E-state index contributed by atoms with van der Waals surface area (Å²) in [5.74, 6) is -1.72. The summed E-state index contributed by atoms with van der Waals surface area (Å²) in [4.78, 5) is 23.4. The molecule has 0 radical (unpaired) electrons. The molecule has 0 unspecified atom stereocenters. The standard InChI is InChI=1S/C15H11FN2O5/c1-21-14(19)12-10(6-7-22-12)8-18-15(20)23-13(17-18)9-2-4-11(16)5-3-9/h2-7H,8H2,1H3. The molecule has 0 amide bonds. The van der Waals surface area contributed by atoms with Crippen molar-refractivity contribution in [3.63, 3.8) is 0 Å². The molecule has 0 aliphatic carbocycles. The van der Waals surface area contributed by atoms with Gasteiger partial charge in [0.1, 0.15) is 5.82 Å². The first-order valence-electron chi connectivity index (χ1n) is 6.57. The van der Waals surface area contributed by atoms with Crippen LogP contribution >= 0.6 is 0 Å². The number of hydrogen-bond donors (Lipinski definition) is 0. The molecule has 3 rings (SSSR count). The molecule has 7 nitrogen and oxygen atoms in total. The quantitative estimate of drug-likeness (QED) is 0.684. The van der Waals surface area contributed by atoms with E-state index in [1.807, 2.05) is 0 Å². The van der Waals surface area contributed by atoms with Gasteiger partial charge in [0.25, 0.3) is 0 Å². The largest absolute Gasteiger partial charge is 0.463 e. The van der Waals surface area contributed by atoms with Crippen molar-refractivity contribution in [3.8, 4) is 11.5 Å². The first kappa shape index (κ1) is 14.8. The van der Waals surface area contributed by atoms with Gasteiger partial charge in [0.05, 0.1) is 19.9 Å². The van der Waals surface area contributed by atoms with Crippen LogP contribution in [-0.2, 0) is 11.3 Å². The highest BCUT2D eigenvalue weighted by atomic mass is 19.1. The van der Waals surface area contributed by atoms with Gasteiger partial charge in [-0.2, -0.15) is 4.68 Å². The second-order valence-electron chi connectivity index (χ2n) is 4.60. The Balaban J connectivity index is 1.91. The van der Waals surface area contributed by atoms with Crippen LogP contribution < -0.4 is 5.76 Å². The summed E-state index contributed by atoms with van der Waals surface area (Å²) in [5.41, 5.74) is 0.889. The summed E-state index contributed by atoms with van der Waals surface area (Å²) in [6.45, 7) is -0.0234. The first-order chi connectivity index (χ1) is 11.1. The van der Waals surface area contributed by atoms with E-state index >= 15 is 0 Å². The number of furan rings is 1. The topological polar surface area (TPSA) is 87.5 Å². The highest BCUT2D eigenvalue weighted by molar-refractivity contribution is 5.87. The third kappa shape index (κ3) is 2.91. The zero-order chi connectivity index (χ0) is 16.4. The molecular formula is C15H11FN2O5. The van der Waals surface area contributed by atoms with Crippen molar-refractivity contribution in [2.24, 2.45) is 0 Å². The van der Waals surface area contributed by atoms with Gasteiger partial charge in [-0.1, -0.05) is 0 Å². The Morgan fingerprint density at radius 1 is 1.30 bits per heavy atom. The predicted molar refractivity (Wildman–Crippen MR) is 75.3 cm³/mol. The summed E-state index contributed by atoms with van der Waals surface area (Å²) < 4.78 is 28.6. The maximum absolute atomic E-state index is 12.9. The SMILES string of the molecule is COC(=O)c1occc1Cn1nc(-c2ccc(F)cc2)oc1=O. The first-order valence-corrected chi connectivity index (χ1v) is 6.57. The fourth-order valence-corrected chi connectivity index (χ4v) is 2.01. The fraction of sp³-hybridized carbons (Fsp3) is 0.133. The van der Waals surface area contributed by atoms with E-state index in [1.54, 1.807) is 0 Å². The van der Waals surface area contributed by atoms with Crippen LogP contribution in [0.2, 0.25) is 0 Å². The van der Waals surface area contributed by atoms with Crippen LogP contribution in [0.3, 0.4) is 0 Å². The van der Waals surface area contributed by atoms with E-state index in [9.17, 15) is 14.0 Å². The molecule has 0 fully saturated rings. The van der Waals surface area contributed by atoms with Crippen molar-refractivity contribution in [3.05, 3.63) is 64.3 Å². The van der Waals surface area contributed by atoms with Crippen molar-refractivity contribution in [1.82, 2.24) is 9.78 Å². The number of aromatic nitrogens is 2. The van der Waals surface area contributed by atoms with Gasteiger partial charge in [0.2, 0.25) is 11.7 Å². The molecule has 0 saturated heterocycles. The van der Waals surface area contributed by atoms with Crippen LogP contribution in [0.15, 0.2) is 50.2 Å². The minimum Gasteiger partial charge on any atom is -0.463 e. The molecule has 2 heterocycles. The molecule has 0 bridgehead atoms. The van der Waals surface area contributed by atoms with Crippen molar-refractivity contribution in [1.29, 1.82) is 0 Å². The number of methoxy groups -OCH3 is 1. The van der Waals surface area contributed by atoms with Gasteiger partial charge in [-0.25, -0.2) is 14.0 Å². The molecular weight excluding hydrogens is 307 g/mol. The second kappa shape index (κ2) is 5.91. The Labute approximate surface area is 128 Å². The molecule has 23 heavy (non-hydrogen) atoms. The van der Waals surface area contributed by atoms with Gasteiger partial charge in [-0.3, -0.25) is 0 Å². The average Bonchev–Trinajstić information content (AvgIpc) is 3.15. The number of rotatable bonds is 4. The Hall–Kier alpha value is -3.16. The molecule has 118 valence electrons. The molecule has 2 aromatic heterocycles. The Kier molecular flexibility index (Phi) is 3.80. The van der Waals surface area contributed by atoms with E-state index in [0.717, 1.165) is 4.68 Å². The van der Waals surface area contributed by atoms with Crippen LogP contribution in [0, 0.1) is 5.82 Å². The molecule has 0 spiro atoms. The lowest BCUT2D eigenvalue weighted by Crippen LogP contribution is -2.17. The average molecular weight is 318 g/mol. The Bertz CT molecular complexity index is 891. The molecule has 0 atom stereocenters. The van der Waals surface area contributed by atoms with Crippen molar-refractivity contribution in [2.75, 3.05) is 7.11 Å². The lowest BCUT2D eigenvalue weighted by atomic mass is 10.2. The van der Waals surface area contributed by atoms with Crippen LogP contribution in [0.5, 0.6) is 0 Å². The third-order valence-electron chi connectivity index (χ3n) is 3.14. The van der Waals surface area contributed by atoms with E-state index in [-0.39, 0.29) is 18.2 Å². The number of hydrogen-bond acceptors (Lipinski definition) is 6. The molecule has 1 aromatic carbocycles. The monoisotopic (exact) mass is 318 g/mol. The zero-order valence-electron chi connectivity index (χ0n) is 12.0. The van der Waals surface area contributed by atoms with Gasteiger partial charge in [0.15, 0.2) is 0 Å². The number of esters is 1.